The number of H-pyrrole nitrogens is 1. The second-order valence-electron chi connectivity index (χ2n) is 4.58. The summed E-state index contributed by atoms with van der Waals surface area (Å²) >= 11 is 6.04. The normalized spacial score (nSPS) is 11.1. The Morgan fingerprint density at radius 3 is 2.70 bits per heavy atom. The Morgan fingerprint density at radius 2 is 2.00 bits per heavy atom. The summed E-state index contributed by atoms with van der Waals surface area (Å²) in [5.41, 5.74) is 1.18. The number of fused-ring (bicyclic) bond motifs is 2. The lowest BCUT2D eigenvalue weighted by atomic mass is 10.1. The number of rotatable bonds is 1. The molecule has 0 aliphatic carbocycles. The van der Waals surface area contributed by atoms with Gasteiger partial charge in [-0.15, -0.1) is 0 Å². The molecule has 5 nitrogen and oxygen atoms in total. The first-order valence-electron chi connectivity index (χ1n) is 5.88. The fourth-order valence-electron chi connectivity index (χ4n) is 2.29. The average molecular weight is 289 g/mol. The van der Waals surface area contributed by atoms with Crippen LogP contribution < -0.4 is 5.43 Å². The summed E-state index contributed by atoms with van der Waals surface area (Å²) in [6.07, 6.45) is 0. The molecule has 0 spiro atoms. The zero-order valence-corrected chi connectivity index (χ0v) is 11.2. The number of hydrogen-bond donors (Lipinski definition) is 1. The monoisotopic (exact) mass is 288 g/mol. The van der Waals surface area contributed by atoms with E-state index in [1.807, 2.05) is 13.0 Å². The standard InChI is InChI=1S/C14H9ClN2O3/c1-7-2-4-10-8(6-7)14(18)12-9(15)3-5-11(17(19)20)13(12)16-10/h2-6H,1H3,(H,16,18). The van der Waals surface area contributed by atoms with Gasteiger partial charge in [-0.05, 0) is 25.1 Å². The van der Waals surface area contributed by atoms with E-state index < -0.39 is 4.92 Å². The summed E-state index contributed by atoms with van der Waals surface area (Å²) in [5, 5.41) is 11.9. The Balaban J connectivity index is 2.62. The van der Waals surface area contributed by atoms with E-state index in [1.165, 1.54) is 12.1 Å². The van der Waals surface area contributed by atoms with E-state index >= 15 is 0 Å². The highest BCUT2D eigenvalue weighted by molar-refractivity contribution is 6.36. The van der Waals surface area contributed by atoms with Crippen molar-refractivity contribution in [3.05, 3.63) is 61.3 Å². The van der Waals surface area contributed by atoms with Crippen LogP contribution in [0, 0.1) is 17.0 Å². The van der Waals surface area contributed by atoms with Gasteiger partial charge >= 0.3 is 0 Å². The highest BCUT2D eigenvalue weighted by Gasteiger charge is 2.18. The number of benzene rings is 2. The number of hydrogen-bond acceptors (Lipinski definition) is 3. The molecule has 1 heterocycles. The maximum absolute atomic E-state index is 12.5. The lowest BCUT2D eigenvalue weighted by molar-refractivity contribution is -0.383. The Morgan fingerprint density at radius 1 is 1.25 bits per heavy atom. The van der Waals surface area contributed by atoms with Crippen LogP contribution in [0.5, 0.6) is 0 Å². The number of nitrogens with zero attached hydrogens (tertiary/aromatic N) is 1. The number of pyridine rings is 1. The lowest BCUT2D eigenvalue weighted by Crippen LogP contribution is -2.06. The predicted octanol–water partition coefficient (Wildman–Crippen LogP) is 3.55. The molecule has 3 aromatic rings. The van der Waals surface area contributed by atoms with Crippen molar-refractivity contribution in [1.29, 1.82) is 0 Å². The van der Waals surface area contributed by atoms with Crippen molar-refractivity contribution < 1.29 is 4.92 Å². The summed E-state index contributed by atoms with van der Waals surface area (Å²) < 4.78 is 0. The van der Waals surface area contributed by atoms with Crippen molar-refractivity contribution >= 4 is 39.1 Å². The van der Waals surface area contributed by atoms with Gasteiger partial charge in [0, 0.05) is 17.0 Å². The Hall–Kier alpha value is -2.40. The minimum absolute atomic E-state index is 0.152. The van der Waals surface area contributed by atoms with Gasteiger partial charge in [-0.3, -0.25) is 14.9 Å². The van der Waals surface area contributed by atoms with E-state index in [0.29, 0.717) is 10.9 Å². The molecule has 0 bridgehead atoms. The third-order valence-electron chi connectivity index (χ3n) is 3.24. The quantitative estimate of drug-likeness (QED) is 0.422. The molecule has 0 aliphatic heterocycles. The number of halogens is 1. The van der Waals surface area contributed by atoms with Crippen LogP contribution >= 0.6 is 11.6 Å². The molecule has 0 fully saturated rings. The predicted molar refractivity (Wildman–Crippen MR) is 78.5 cm³/mol. The number of non-ortho nitro benzene ring substituents is 1. The second-order valence-corrected chi connectivity index (χ2v) is 4.98. The molecule has 3 rings (SSSR count). The summed E-state index contributed by atoms with van der Waals surface area (Å²) in [6.45, 7) is 1.87. The van der Waals surface area contributed by atoms with E-state index in [9.17, 15) is 14.9 Å². The number of aromatic amines is 1. The van der Waals surface area contributed by atoms with Gasteiger partial charge in [-0.1, -0.05) is 23.2 Å². The van der Waals surface area contributed by atoms with Crippen LogP contribution in [0.4, 0.5) is 5.69 Å². The van der Waals surface area contributed by atoms with Crippen molar-refractivity contribution in [2.24, 2.45) is 0 Å². The van der Waals surface area contributed by atoms with Gasteiger partial charge < -0.3 is 4.98 Å². The molecule has 1 aromatic heterocycles. The molecule has 0 radical (unpaired) electrons. The molecule has 0 unspecified atom stereocenters. The van der Waals surface area contributed by atoms with Gasteiger partial charge in [-0.25, -0.2) is 0 Å². The van der Waals surface area contributed by atoms with Crippen LogP contribution in [0.2, 0.25) is 5.02 Å². The van der Waals surface area contributed by atoms with Gasteiger partial charge in [0.05, 0.1) is 15.3 Å². The molecule has 20 heavy (non-hydrogen) atoms. The molecule has 0 atom stereocenters. The Labute approximate surface area is 117 Å². The van der Waals surface area contributed by atoms with E-state index in [-0.39, 0.29) is 27.0 Å². The minimum atomic E-state index is -0.533. The zero-order valence-electron chi connectivity index (χ0n) is 10.4. The summed E-state index contributed by atoms with van der Waals surface area (Å²) in [7, 11) is 0. The smallest absolute Gasteiger partial charge is 0.293 e. The van der Waals surface area contributed by atoms with Gasteiger partial charge in [0.25, 0.3) is 5.69 Å². The molecule has 100 valence electrons. The molecule has 0 amide bonds. The fourth-order valence-corrected chi connectivity index (χ4v) is 2.53. The molecule has 0 saturated heterocycles. The van der Waals surface area contributed by atoms with E-state index in [4.69, 9.17) is 11.6 Å². The van der Waals surface area contributed by atoms with Crippen LogP contribution in [-0.4, -0.2) is 9.91 Å². The van der Waals surface area contributed by atoms with Crippen LogP contribution in [0.3, 0.4) is 0 Å². The Kier molecular flexibility index (Phi) is 2.72. The van der Waals surface area contributed by atoms with Crippen LogP contribution in [0.1, 0.15) is 5.56 Å². The molecule has 0 saturated carbocycles. The third kappa shape index (κ3) is 1.75. The van der Waals surface area contributed by atoms with Gasteiger partial charge in [0.15, 0.2) is 5.43 Å². The topological polar surface area (TPSA) is 76.0 Å². The highest BCUT2D eigenvalue weighted by Crippen LogP contribution is 2.29. The van der Waals surface area contributed by atoms with Crippen molar-refractivity contribution in [3.8, 4) is 0 Å². The maximum atomic E-state index is 12.5. The maximum Gasteiger partial charge on any atom is 0.293 e. The lowest BCUT2D eigenvalue weighted by Gasteiger charge is -2.05. The number of nitrogens with one attached hydrogen (secondary N) is 1. The van der Waals surface area contributed by atoms with E-state index in [2.05, 4.69) is 4.98 Å². The van der Waals surface area contributed by atoms with Crippen LogP contribution in [0.15, 0.2) is 35.1 Å². The highest BCUT2D eigenvalue weighted by atomic mass is 35.5. The second kappa shape index (κ2) is 4.31. The summed E-state index contributed by atoms with van der Waals surface area (Å²) in [5.74, 6) is 0. The zero-order chi connectivity index (χ0) is 14.4. The molecular formula is C14H9ClN2O3. The molecule has 0 aliphatic rings. The number of nitro groups is 1. The summed E-state index contributed by atoms with van der Waals surface area (Å²) in [4.78, 5) is 26.0. The first kappa shape index (κ1) is 12.6. The molecule has 6 heteroatoms. The van der Waals surface area contributed by atoms with E-state index in [1.54, 1.807) is 12.1 Å². The van der Waals surface area contributed by atoms with Crippen molar-refractivity contribution in [1.82, 2.24) is 4.98 Å². The van der Waals surface area contributed by atoms with Crippen LogP contribution in [0.25, 0.3) is 21.8 Å². The van der Waals surface area contributed by atoms with Crippen molar-refractivity contribution in [2.75, 3.05) is 0 Å². The molecular weight excluding hydrogens is 280 g/mol. The van der Waals surface area contributed by atoms with E-state index in [0.717, 1.165) is 5.56 Å². The minimum Gasteiger partial charge on any atom is -0.349 e. The van der Waals surface area contributed by atoms with Gasteiger partial charge in [-0.2, -0.15) is 0 Å². The number of aromatic nitrogens is 1. The third-order valence-corrected chi connectivity index (χ3v) is 3.55. The van der Waals surface area contributed by atoms with Crippen molar-refractivity contribution in [3.63, 3.8) is 0 Å². The van der Waals surface area contributed by atoms with Gasteiger partial charge in [0.2, 0.25) is 0 Å². The SMILES string of the molecule is Cc1ccc2[nH]c3c([N+](=O)[O-])ccc(Cl)c3c(=O)c2c1. The first-order chi connectivity index (χ1) is 9.49. The first-order valence-corrected chi connectivity index (χ1v) is 6.26. The average Bonchev–Trinajstić information content (AvgIpc) is 2.39. The van der Waals surface area contributed by atoms with Crippen molar-refractivity contribution in [2.45, 2.75) is 6.92 Å². The molecule has 2 aromatic carbocycles. The van der Waals surface area contributed by atoms with Crippen LogP contribution in [-0.2, 0) is 0 Å². The number of aryl methyl sites for hydroxylation is 1. The Bertz CT molecular complexity index is 931. The summed E-state index contributed by atoms with van der Waals surface area (Å²) in [6, 6.07) is 7.97. The molecule has 1 N–H and O–H groups in total. The largest absolute Gasteiger partial charge is 0.349 e. The van der Waals surface area contributed by atoms with Gasteiger partial charge in [0.1, 0.15) is 5.52 Å². The fraction of sp³-hybridized carbons (Fsp3) is 0.0714. The number of nitro benzene ring substituents is 1.